The molecule has 8 nitrogen and oxygen atoms in total. The summed E-state index contributed by atoms with van der Waals surface area (Å²) in [6, 6.07) is 3.08. The number of hydrogen-bond acceptors (Lipinski definition) is 6. The van der Waals surface area contributed by atoms with Gasteiger partial charge in [0.1, 0.15) is 17.8 Å². The van der Waals surface area contributed by atoms with Crippen LogP contribution in [0.1, 0.15) is 52.1 Å². The van der Waals surface area contributed by atoms with E-state index in [9.17, 15) is 28.3 Å². The van der Waals surface area contributed by atoms with E-state index in [4.69, 9.17) is 4.74 Å². The highest BCUT2D eigenvalue weighted by Crippen LogP contribution is 2.29. The summed E-state index contributed by atoms with van der Waals surface area (Å²) in [5.41, 5.74) is -1.26. The maximum atomic E-state index is 13.9. The van der Waals surface area contributed by atoms with Gasteiger partial charge in [-0.2, -0.15) is 0 Å². The fraction of sp³-hybridized carbons (Fsp3) is 0.435. The number of piperidine rings is 1. The molecule has 1 saturated heterocycles. The molecule has 1 amide bonds. The fourth-order valence-electron chi connectivity index (χ4n) is 4.48. The average Bonchev–Trinajstić information content (AvgIpc) is 2.80. The Morgan fingerprint density at radius 1 is 1.24 bits per heavy atom. The molecule has 1 atom stereocenters. The third kappa shape index (κ3) is 4.22. The number of carbonyl (C=O) groups is 2. The van der Waals surface area contributed by atoms with Crippen molar-refractivity contribution in [1.29, 1.82) is 0 Å². The van der Waals surface area contributed by atoms with Gasteiger partial charge in [0.15, 0.2) is 17.2 Å². The number of aryl methyl sites for hydroxylation is 1. The molecule has 33 heavy (non-hydrogen) atoms. The zero-order chi connectivity index (χ0) is 23.7. The first-order chi connectivity index (χ1) is 15.8. The lowest BCUT2D eigenvalue weighted by Crippen LogP contribution is -2.63. The van der Waals surface area contributed by atoms with Crippen molar-refractivity contribution in [2.45, 2.75) is 38.3 Å². The molecule has 0 unspecified atom stereocenters. The second-order valence-electron chi connectivity index (χ2n) is 8.20. The second kappa shape index (κ2) is 9.30. The lowest BCUT2D eigenvalue weighted by Gasteiger charge is -2.48. The Kier molecular flexibility index (Phi) is 6.46. The summed E-state index contributed by atoms with van der Waals surface area (Å²) >= 11 is 0. The van der Waals surface area contributed by atoms with Crippen molar-refractivity contribution in [2.75, 3.05) is 31.8 Å². The molecule has 2 aromatic rings. The normalized spacial score (nSPS) is 17.7. The van der Waals surface area contributed by atoms with Gasteiger partial charge in [-0.15, -0.1) is 0 Å². The van der Waals surface area contributed by atoms with Crippen LogP contribution in [-0.4, -0.2) is 59.3 Å². The molecule has 4 rings (SSSR count). The zero-order valence-electron chi connectivity index (χ0n) is 18.2. The summed E-state index contributed by atoms with van der Waals surface area (Å²) in [5, 5.41) is 12.5. The zero-order valence-corrected chi connectivity index (χ0v) is 18.2. The van der Waals surface area contributed by atoms with E-state index in [-0.39, 0.29) is 35.8 Å². The van der Waals surface area contributed by atoms with Gasteiger partial charge in [0.25, 0.3) is 5.91 Å². The Labute approximate surface area is 188 Å². The minimum absolute atomic E-state index is 0.0387. The lowest BCUT2D eigenvalue weighted by atomic mass is 10.0. The standard InChI is InChI=1S/C23H25F2N3O5/c1-33-11-10-26-19-4-2-3-9-27(19)28-13-16(21(30)22(31)20(28)23(26)32)18(29)8-6-14-5-7-15(24)12-17(14)25/h5,7,12-13,19,31H,2-4,6,8-11H2,1H3/t19-/m0/s1. The average molecular weight is 461 g/mol. The number of Topliss-reactive ketones (excluding diaryl/α,β-unsaturated/α-hetero) is 1. The molecule has 0 saturated carbocycles. The first-order valence-electron chi connectivity index (χ1n) is 10.9. The molecule has 0 bridgehead atoms. The smallest absolute Gasteiger partial charge is 0.278 e. The van der Waals surface area contributed by atoms with Crippen LogP contribution in [0.3, 0.4) is 0 Å². The molecule has 1 N–H and O–H groups in total. The first kappa shape index (κ1) is 22.9. The van der Waals surface area contributed by atoms with Crippen LogP contribution >= 0.6 is 0 Å². The van der Waals surface area contributed by atoms with Crippen LogP contribution in [0.5, 0.6) is 5.75 Å². The maximum absolute atomic E-state index is 13.9. The van der Waals surface area contributed by atoms with Crippen LogP contribution in [0.25, 0.3) is 0 Å². The first-order valence-corrected chi connectivity index (χ1v) is 10.9. The molecule has 1 aromatic carbocycles. The number of carbonyl (C=O) groups excluding carboxylic acids is 2. The molecular formula is C23H25F2N3O5. The number of halogens is 2. The molecule has 2 aliphatic rings. The number of rotatable bonds is 7. The van der Waals surface area contributed by atoms with Crippen molar-refractivity contribution >= 4 is 11.7 Å². The summed E-state index contributed by atoms with van der Waals surface area (Å²) < 4.78 is 33.5. The Morgan fingerprint density at radius 3 is 2.76 bits per heavy atom. The number of aromatic hydroxyl groups is 1. The topological polar surface area (TPSA) is 92.1 Å². The summed E-state index contributed by atoms with van der Waals surface area (Å²) in [4.78, 5) is 40.4. The number of aromatic nitrogens is 1. The summed E-state index contributed by atoms with van der Waals surface area (Å²) in [6.07, 6.45) is 3.22. The Morgan fingerprint density at radius 2 is 2.03 bits per heavy atom. The van der Waals surface area contributed by atoms with Crippen molar-refractivity contribution in [1.82, 2.24) is 9.58 Å². The predicted octanol–water partition coefficient (Wildman–Crippen LogP) is 2.20. The molecule has 10 heteroatoms. The molecule has 0 radical (unpaired) electrons. The van der Waals surface area contributed by atoms with E-state index in [2.05, 4.69) is 0 Å². The number of methoxy groups -OCH3 is 1. The minimum Gasteiger partial charge on any atom is -0.502 e. The van der Waals surface area contributed by atoms with Gasteiger partial charge in [-0.25, -0.2) is 8.78 Å². The van der Waals surface area contributed by atoms with Crippen molar-refractivity contribution < 1.29 is 28.2 Å². The minimum atomic E-state index is -0.943. The Bertz CT molecular complexity index is 1150. The van der Waals surface area contributed by atoms with E-state index >= 15 is 0 Å². The van der Waals surface area contributed by atoms with Crippen LogP contribution in [-0.2, 0) is 11.2 Å². The third-order valence-electron chi connectivity index (χ3n) is 6.18. The number of ether oxygens (including phenoxy) is 1. The number of ketones is 1. The predicted molar refractivity (Wildman–Crippen MR) is 115 cm³/mol. The number of benzene rings is 1. The number of amides is 1. The van der Waals surface area contributed by atoms with E-state index < -0.39 is 34.5 Å². The Balaban J connectivity index is 1.67. The summed E-state index contributed by atoms with van der Waals surface area (Å²) in [6.45, 7) is 1.18. The van der Waals surface area contributed by atoms with Gasteiger partial charge in [0.05, 0.1) is 12.2 Å². The number of hydrogen-bond donors (Lipinski definition) is 1. The van der Waals surface area contributed by atoms with Crippen molar-refractivity contribution in [3.05, 3.63) is 63.1 Å². The SMILES string of the molecule is COCCN1C(=O)c2c(O)c(=O)c(C(=O)CCc3ccc(F)cc3F)cn2N2CCCC[C@@H]12. The van der Waals surface area contributed by atoms with Crippen LogP contribution in [0, 0.1) is 11.6 Å². The van der Waals surface area contributed by atoms with E-state index in [1.54, 1.807) is 4.90 Å². The second-order valence-corrected chi connectivity index (χ2v) is 8.20. The quantitative estimate of drug-likeness (QED) is 0.636. The summed E-state index contributed by atoms with van der Waals surface area (Å²) in [7, 11) is 1.53. The largest absolute Gasteiger partial charge is 0.502 e. The van der Waals surface area contributed by atoms with Gasteiger partial charge in [-0.05, 0) is 37.3 Å². The summed E-state index contributed by atoms with van der Waals surface area (Å²) in [5.74, 6) is -3.38. The van der Waals surface area contributed by atoms with Crippen molar-refractivity contribution in [3.8, 4) is 5.75 Å². The molecule has 0 aliphatic carbocycles. The van der Waals surface area contributed by atoms with Crippen LogP contribution < -0.4 is 10.4 Å². The third-order valence-corrected chi connectivity index (χ3v) is 6.18. The van der Waals surface area contributed by atoms with Crippen LogP contribution in [0.2, 0.25) is 0 Å². The molecule has 1 fully saturated rings. The number of nitrogens with zero attached hydrogens (tertiary/aromatic N) is 3. The van der Waals surface area contributed by atoms with Gasteiger partial charge < -0.3 is 14.7 Å². The van der Waals surface area contributed by atoms with Gasteiger partial charge in [0, 0.05) is 38.9 Å². The highest BCUT2D eigenvalue weighted by atomic mass is 19.1. The highest BCUT2D eigenvalue weighted by molar-refractivity contribution is 6.00. The van der Waals surface area contributed by atoms with Crippen molar-refractivity contribution in [3.63, 3.8) is 0 Å². The number of pyridine rings is 1. The van der Waals surface area contributed by atoms with E-state index in [0.717, 1.165) is 25.0 Å². The highest BCUT2D eigenvalue weighted by Gasteiger charge is 2.41. The fourth-order valence-corrected chi connectivity index (χ4v) is 4.48. The monoisotopic (exact) mass is 461 g/mol. The van der Waals surface area contributed by atoms with E-state index in [0.29, 0.717) is 26.1 Å². The molecule has 0 spiro atoms. The lowest BCUT2D eigenvalue weighted by molar-refractivity contribution is 0.0433. The molecule has 3 heterocycles. The van der Waals surface area contributed by atoms with Crippen molar-refractivity contribution in [2.24, 2.45) is 0 Å². The van der Waals surface area contributed by atoms with E-state index in [1.165, 1.54) is 24.0 Å². The van der Waals surface area contributed by atoms with Gasteiger partial charge in [-0.1, -0.05) is 6.07 Å². The Hall–Kier alpha value is -3.27. The van der Waals surface area contributed by atoms with Crippen LogP contribution in [0.4, 0.5) is 8.78 Å². The number of fused-ring (bicyclic) bond motifs is 3. The molecule has 1 aromatic heterocycles. The molecular weight excluding hydrogens is 436 g/mol. The maximum Gasteiger partial charge on any atom is 0.278 e. The van der Waals surface area contributed by atoms with Gasteiger partial charge >= 0.3 is 0 Å². The molecule has 176 valence electrons. The molecule has 2 aliphatic heterocycles. The van der Waals surface area contributed by atoms with Gasteiger partial charge in [0.2, 0.25) is 5.43 Å². The van der Waals surface area contributed by atoms with Gasteiger partial charge in [-0.3, -0.25) is 24.1 Å². The van der Waals surface area contributed by atoms with E-state index in [1.807, 2.05) is 5.01 Å². The van der Waals surface area contributed by atoms with Crippen LogP contribution in [0.15, 0.2) is 29.2 Å².